The van der Waals surface area contributed by atoms with Gasteiger partial charge in [0.2, 0.25) is 15.9 Å². The summed E-state index contributed by atoms with van der Waals surface area (Å²) in [7, 11) is -0.901. The number of sulfonamides is 1. The maximum atomic E-state index is 14.2. The molecule has 0 aliphatic carbocycles. The van der Waals surface area contributed by atoms with Crippen LogP contribution in [0, 0.1) is 0 Å². The molecule has 0 N–H and O–H groups in total. The fourth-order valence-electron chi connectivity index (χ4n) is 5.12. The van der Waals surface area contributed by atoms with Crippen molar-refractivity contribution in [3.05, 3.63) is 82.7 Å². The number of pyridine rings is 1. The minimum atomic E-state index is -4.07. The second-order valence-electron chi connectivity index (χ2n) is 10.1. The Balaban J connectivity index is 1.42. The summed E-state index contributed by atoms with van der Waals surface area (Å²) in [5.41, 5.74) is 1.36. The van der Waals surface area contributed by atoms with Crippen LogP contribution in [0.3, 0.4) is 0 Å². The van der Waals surface area contributed by atoms with Crippen LogP contribution in [0.5, 0.6) is 11.5 Å². The van der Waals surface area contributed by atoms with Crippen LogP contribution in [0.15, 0.2) is 77.1 Å². The molecule has 4 aromatic rings. The van der Waals surface area contributed by atoms with Crippen LogP contribution >= 0.6 is 11.3 Å². The Bertz CT molecular complexity index is 1600. The Morgan fingerprint density at radius 3 is 2.64 bits per heavy atom. The van der Waals surface area contributed by atoms with Crippen LogP contribution in [0.2, 0.25) is 0 Å². The van der Waals surface area contributed by atoms with E-state index >= 15 is 0 Å². The summed E-state index contributed by atoms with van der Waals surface area (Å²) < 4.78 is 46.2. The molecular formula is C31H35N3O6S2. The third kappa shape index (κ3) is 6.92. The zero-order chi connectivity index (χ0) is 29.5. The molecule has 0 unspecified atom stereocenters. The number of hydrogen-bond acceptors (Lipinski definition) is 8. The van der Waals surface area contributed by atoms with E-state index in [0.717, 1.165) is 28.7 Å². The molecule has 1 aliphatic rings. The van der Waals surface area contributed by atoms with Crippen LogP contribution in [0.4, 0.5) is 0 Å². The molecule has 0 bridgehead atoms. The van der Waals surface area contributed by atoms with Gasteiger partial charge in [0.15, 0.2) is 11.5 Å². The van der Waals surface area contributed by atoms with Gasteiger partial charge < -0.3 is 19.1 Å². The normalized spacial score (nSPS) is 15.3. The smallest absolute Gasteiger partial charge is 0.245 e. The van der Waals surface area contributed by atoms with Crippen molar-refractivity contribution < 1.29 is 27.4 Å². The monoisotopic (exact) mass is 609 g/mol. The quantitative estimate of drug-likeness (QED) is 0.216. The predicted octanol–water partition coefficient (Wildman–Crippen LogP) is 4.75. The van der Waals surface area contributed by atoms with E-state index in [-0.39, 0.29) is 30.0 Å². The van der Waals surface area contributed by atoms with Crippen LogP contribution in [-0.4, -0.2) is 75.1 Å². The molecule has 1 fully saturated rings. The number of thiophene rings is 1. The topological polar surface area (TPSA) is 98.3 Å². The van der Waals surface area contributed by atoms with Crippen molar-refractivity contribution in [2.45, 2.75) is 36.8 Å². The van der Waals surface area contributed by atoms with Gasteiger partial charge >= 0.3 is 0 Å². The summed E-state index contributed by atoms with van der Waals surface area (Å²) in [6.07, 6.45) is 3.47. The standard InChI is InChI=1S/C31H35N3O6S2/c1-38-27-13-12-23(19-28(27)39-2)14-16-33(21-26-10-6-18-41-26)30(35)22-34(20-25-9-5-17-40-25)42(36,37)29-11-3-7-24-8-4-15-32-31(24)29/h3-4,6-8,10-13,15,18-19,25H,5,9,14,16-17,20-22H2,1-2H3/t25-/m0/s1. The van der Waals surface area contributed by atoms with Gasteiger partial charge in [-0.15, -0.1) is 11.3 Å². The lowest BCUT2D eigenvalue weighted by Crippen LogP contribution is -2.45. The Morgan fingerprint density at radius 1 is 1.07 bits per heavy atom. The molecule has 1 atom stereocenters. The summed E-state index contributed by atoms with van der Waals surface area (Å²) in [5.74, 6) is 0.966. The van der Waals surface area contributed by atoms with E-state index in [1.54, 1.807) is 54.9 Å². The molecule has 222 valence electrons. The highest BCUT2D eigenvalue weighted by Crippen LogP contribution is 2.29. The zero-order valence-corrected chi connectivity index (χ0v) is 25.4. The Labute approximate surface area is 250 Å². The summed E-state index contributed by atoms with van der Waals surface area (Å²) in [4.78, 5) is 21.2. The third-order valence-electron chi connectivity index (χ3n) is 7.35. The molecule has 5 rings (SSSR count). The lowest BCUT2D eigenvalue weighted by atomic mass is 10.1. The Hall–Kier alpha value is -3.51. The molecule has 1 aliphatic heterocycles. The number of carbonyl (C=O) groups is 1. The molecule has 42 heavy (non-hydrogen) atoms. The van der Waals surface area contributed by atoms with Gasteiger partial charge in [0, 0.05) is 36.2 Å². The molecule has 9 nitrogen and oxygen atoms in total. The number of benzene rings is 2. The van der Waals surface area contributed by atoms with Gasteiger partial charge in [-0.3, -0.25) is 9.78 Å². The number of amides is 1. The van der Waals surface area contributed by atoms with Crippen molar-refractivity contribution >= 4 is 38.2 Å². The first-order chi connectivity index (χ1) is 20.4. The van der Waals surface area contributed by atoms with Crippen LogP contribution in [0.1, 0.15) is 23.3 Å². The molecule has 1 saturated heterocycles. The van der Waals surface area contributed by atoms with Gasteiger partial charge in [-0.05, 0) is 60.5 Å². The summed E-state index contributed by atoms with van der Waals surface area (Å²) in [6.45, 7) is 1.16. The number of nitrogens with zero attached hydrogens (tertiary/aromatic N) is 3. The average molecular weight is 610 g/mol. The van der Waals surface area contributed by atoms with E-state index < -0.39 is 10.0 Å². The van der Waals surface area contributed by atoms with Crippen molar-refractivity contribution in [1.29, 1.82) is 0 Å². The molecule has 2 aromatic carbocycles. The first kappa shape index (κ1) is 30.0. The maximum absolute atomic E-state index is 14.2. The lowest BCUT2D eigenvalue weighted by molar-refractivity contribution is -0.132. The fraction of sp³-hybridized carbons (Fsp3) is 0.355. The van der Waals surface area contributed by atoms with Gasteiger partial charge in [-0.25, -0.2) is 8.42 Å². The van der Waals surface area contributed by atoms with E-state index in [4.69, 9.17) is 14.2 Å². The van der Waals surface area contributed by atoms with E-state index in [2.05, 4.69) is 4.98 Å². The minimum absolute atomic E-state index is 0.0848. The zero-order valence-electron chi connectivity index (χ0n) is 23.8. The van der Waals surface area contributed by atoms with Crippen molar-refractivity contribution in [2.24, 2.45) is 0 Å². The van der Waals surface area contributed by atoms with Crippen molar-refractivity contribution in [1.82, 2.24) is 14.2 Å². The lowest BCUT2D eigenvalue weighted by Gasteiger charge is -2.28. The van der Waals surface area contributed by atoms with Gasteiger partial charge in [0.25, 0.3) is 0 Å². The van der Waals surface area contributed by atoms with Crippen molar-refractivity contribution in [2.75, 3.05) is 40.5 Å². The number of hydrogen-bond donors (Lipinski definition) is 0. The van der Waals surface area contributed by atoms with Crippen LogP contribution < -0.4 is 9.47 Å². The molecule has 0 radical (unpaired) electrons. The maximum Gasteiger partial charge on any atom is 0.245 e. The Kier molecular flexibility index (Phi) is 9.73. The van der Waals surface area contributed by atoms with Gasteiger partial charge in [0.05, 0.1) is 38.9 Å². The molecule has 0 saturated carbocycles. The molecule has 3 heterocycles. The number of fused-ring (bicyclic) bond motifs is 1. The summed E-state index contributed by atoms with van der Waals surface area (Å²) in [5, 5.41) is 2.69. The number of aromatic nitrogens is 1. The predicted molar refractivity (Wildman–Crippen MR) is 162 cm³/mol. The van der Waals surface area contributed by atoms with Gasteiger partial charge in [0.1, 0.15) is 4.90 Å². The SMILES string of the molecule is COc1ccc(CCN(Cc2cccs2)C(=O)CN(C[C@@H]2CCCO2)S(=O)(=O)c2cccc3cccnc23)cc1OC. The second-order valence-corrected chi connectivity index (χ2v) is 13.0. The van der Waals surface area contributed by atoms with E-state index in [1.807, 2.05) is 47.8 Å². The summed E-state index contributed by atoms with van der Waals surface area (Å²) >= 11 is 1.56. The Morgan fingerprint density at radius 2 is 1.90 bits per heavy atom. The highest BCUT2D eigenvalue weighted by molar-refractivity contribution is 7.89. The largest absolute Gasteiger partial charge is 0.493 e. The van der Waals surface area contributed by atoms with Crippen LogP contribution in [-0.2, 0) is 32.5 Å². The number of ether oxygens (including phenoxy) is 3. The van der Waals surface area contributed by atoms with Gasteiger partial charge in [-0.2, -0.15) is 4.31 Å². The van der Waals surface area contributed by atoms with E-state index in [0.29, 0.717) is 43.1 Å². The summed E-state index contributed by atoms with van der Waals surface area (Å²) in [6, 6.07) is 18.3. The molecule has 11 heteroatoms. The van der Waals surface area contributed by atoms with Crippen molar-refractivity contribution in [3.63, 3.8) is 0 Å². The first-order valence-electron chi connectivity index (χ1n) is 13.9. The molecule has 1 amide bonds. The van der Waals surface area contributed by atoms with E-state index in [1.165, 1.54) is 4.31 Å². The minimum Gasteiger partial charge on any atom is -0.493 e. The highest BCUT2D eigenvalue weighted by atomic mass is 32.2. The average Bonchev–Trinajstić information content (AvgIpc) is 3.73. The number of carbonyl (C=O) groups excluding carboxylic acids is 1. The molecule has 2 aromatic heterocycles. The number of rotatable bonds is 13. The number of para-hydroxylation sites is 1. The highest BCUT2D eigenvalue weighted by Gasteiger charge is 2.33. The third-order valence-corrected chi connectivity index (χ3v) is 10.1. The molecule has 0 spiro atoms. The molecular weight excluding hydrogens is 574 g/mol. The van der Waals surface area contributed by atoms with Gasteiger partial charge in [-0.1, -0.05) is 30.3 Å². The van der Waals surface area contributed by atoms with E-state index in [9.17, 15) is 13.2 Å². The first-order valence-corrected chi connectivity index (χ1v) is 16.2. The number of methoxy groups -OCH3 is 2. The van der Waals surface area contributed by atoms with Crippen LogP contribution in [0.25, 0.3) is 10.9 Å². The second kappa shape index (κ2) is 13.6. The van der Waals surface area contributed by atoms with Crippen molar-refractivity contribution in [3.8, 4) is 11.5 Å². The fourth-order valence-corrected chi connectivity index (χ4v) is 7.43.